The fourth-order valence-electron chi connectivity index (χ4n) is 1.41. The first-order chi connectivity index (χ1) is 8.63. The van der Waals surface area contributed by atoms with Gasteiger partial charge in [0.05, 0.1) is 13.2 Å². The van der Waals surface area contributed by atoms with Crippen LogP contribution >= 0.6 is 31.9 Å². The van der Waals surface area contributed by atoms with Gasteiger partial charge in [-0.2, -0.15) is 0 Å². The van der Waals surface area contributed by atoms with Crippen molar-refractivity contribution < 1.29 is 19.1 Å². The number of hydrogen-bond acceptors (Lipinski definition) is 4. The molecule has 1 unspecified atom stereocenters. The minimum absolute atomic E-state index is 0.222. The Balaban J connectivity index is 3.55. The average molecular weight is 388 g/mol. The number of unbranched alkanes of at least 4 members (excludes halogenated alkanes) is 1. The van der Waals surface area contributed by atoms with Crippen LogP contribution in [-0.2, 0) is 19.1 Å². The second-order valence-electron chi connectivity index (χ2n) is 3.94. The smallest absolute Gasteiger partial charge is 0.316 e. The van der Waals surface area contributed by atoms with Crippen molar-refractivity contribution in [2.45, 2.75) is 32.6 Å². The molecule has 0 bridgehead atoms. The minimum Gasteiger partial charge on any atom is -0.465 e. The topological polar surface area (TPSA) is 52.6 Å². The van der Waals surface area contributed by atoms with Crippen molar-refractivity contribution in [2.75, 3.05) is 23.9 Å². The summed E-state index contributed by atoms with van der Waals surface area (Å²) in [7, 11) is 0. The molecule has 0 fully saturated rings. The van der Waals surface area contributed by atoms with Gasteiger partial charge in [0.1, 0.15) is 10.7 Å². The molecule has 0 saturated heterocycles. The molecule has 4 nitrogen and oxygen atoms in total. The maximum atomic E-state index is 11.0. The fourth-order valence-corrected chi connectivity index (χ4v) is 1.74. The molecule has 0 aliphatic rings. The normalized spacial score (nSPS) is 11.9. The Bertz CT molecular complexity index is 246. The SMILES string of the molecule is CCC(CCCCOC(=O)CBr)COC(=O)CBr. The van der Waals surface area contributed by atoms with Gasteiger partial charge in [0.2, 0.25) is 0 Å². The zero-order chi connectivity index (χ0) is 13.8. The van der Waals surface area contributed by atoms with Crippen LogP contribution in [0.1, 0.15) is 32.6 Å². The molecular formula is C12H20Br2O4. The minimum atomic E-state index is -0.228. The van der Waals surface area contributed by atoms with Gasteiger partial charge in [0.25, 0.3) is 0 Å². The van der Waals surface area contributed by atoms with Crippen molar-refractivity contribution in [3.8, 4) is 0 Å². The maximum absolute atomic E-state index is 11.0. The molecular weight excluding hydrogens is 368 g/mol. The molecule has 0 amide bonds. The lowest BCUT2D eigenvalue weighted by Gasteiger charge is -2.14. The van der Waals surface area contributed by atoms with Gasteiger partial charge in [0.15, 0.2) is 0 Å². The van der Waals surface area contributed by atoms with Gasteiger partial charge in [-0.25, -0.2) is 0 Å². The zero-order valence-corrected chi connectivity index (χ0v) is 13.8. The van der Waals surface area contributed by atoms with Gasteiger partial charge in [0, 0.05) is 0 Å². The van der Waals surface area contributed by atoms with Crippen LogP contribution in [0.2, 0.25) is 0 Å². The summed E-state index contributed by atoms with van der Waals surface area (Å²) in [4.78, 5) is 21.8. The summed E-state index contributed by atoms with van der Waals surface area (Å²) < 4.78 is 10.0. The lowest BCUT2D eigenvalue weighted by Crippen LogP contribution is -2.14. The highest BCUT2D eigenvalue weighted by Gasteiger charge is 2.09. The highest BCUT2D eigenvalue weighted by Crippen LogP contribution is 2.13. The zero-order valence-electron chi connectivity index (χ0n) is 10.6. The van der Waals surface area contributed by atoms with E-state index in [9.17, 15) is 9.59 Å². The van der Waals surface area contributed by atoms with Crippen LogP contribution in [0.15, 0.2) is 0 Å². The van der Waals surface area contributed by atoms with Crippen molar-refractivity contribution in [3.63, 3.8) is 0 Å². The first-order valence-corrected chi connectivity index (χ1v) is 8.31. The summed E-state index contributed by atoms with van der Waals surface area (Å²) in [6.45, 7) is 3.02. The Morgan fingerprint density at radius 1 is 1.06 bits per heavy atom. The standard InChI is InChI=1S/C12H20Br2O4/c1-2-10(9-18-12(16)8-14)5-3-4-6-17-11(15)7-13/h10H,2-9H2,1H3. The van der Waals surface area contributed by atoms with Crippen LogP contribution in [-0.4, -0.2) is 35.8 Å². The number of carbonyl (C=O) groups is 2. The van der Waals surface area contributed by atoms with Crippen LogP contribution in [0.5, 0.6) is 0 Å². The monoisotopic (exact) mass is 386 g/mol. The number of esters is 2. The highest BCUT2D eigenvalue weighted by molar-refractivity contribution is 9.09. The Labute approximate surface area is 125 Å². The van der Waals surface area contributed by atoms with Crippen molar-refractivity contribution in [3.05, 3.63) is 0 Å². The van der Waals surface area contributed by atoms with E-state index < -0.39 is 0 Å². The predicted molar refractivity (Wildman–Crippen MR) is 77.1 cm³/mol. The number of ether oxygens (including phenoxy) is 2. The molecule has 0 aliphatic heterocycles. The van der Waals surface area contributed by atoms with Gasteiger partial charge in [-0.15, -0.1) is 0 Å². The van der Waals surface area contributed by atoms with E-state index in [1.165, 1.54) is 0 Å². The Morgan fingerprint density at radius 2 is 1.67 bits per heavy atom. The van der Waals surface area contributed by atoms with Crippen LogP contribution in [0, 0.1) is 5.92 Å². The van der Waals surface area contributed by atoms with Gasteiger partial charge in [-0.1, -0.05) is 45.2 Å². The summed E-state index contributed by atoms with van der Waals surface area (Å²) >= 11 is 6.09. The molecule has 0 N–H and O–H groups in total. The van der Waals surface area contributed by atoms with Gasteiger partial charge in [-0.05, 0) is 25.2 Å². The third-order valence-corrected chi connectivity index (χ3v) is 3.46. The van der Waals surface area contributed by atoms with E-state index in [1.54, 1.807) is 0 Å². The van der Waals surface area contributed by atoms with Gasteiger partial charge in [-0.3, -0.25) is 9.59 Å². The maximum Gasteiger partial charge on any atom is 0.316 e. The molecule has 0 aromatic heterocycles. The Morgan fingerprint density at radius 3 is 2.22 bits per heavy atom. The third kappa shape index (κ3) is 9.88. The summed E-state index contributed by atoms with van der Waals surface area (Å²) in [5, 5.41) is 0.485. The van der Waals surface area contributed by atoms with E-state index in [-0.39, 0.29) is 22.6 Å². The van der Waals surface area contributed by atoms with E-state index in [0.29, 0.717) is 19.1 Å². The number of carbonyl (C=O) groups excluding carboxylic acids is 2. The van der Waals surface area contributed by atoms with E-state index in [0.717, 1.165) is 25.7 Å². The summed E-state index contributed by atoms with van der Waals surface area (Å²) in [5.41, 5.74) is 0. The quantitative estimate of drug-likeness (QED) is 0.328. The molecule has 0 spiro atoms. The molecule has 106 valence electrons. The van der Waals surface area contributed by atoms with Crippen molar-refractivity contribution in [1.29, 1.82) is 0 Å². The number of halogens is 2. The van der Waals surface area contributed by atoms with Gasteiger partial charge < -0.3 is 9.47 Å². The summed E-state index contributed by atoms with van der Waals surface area (Å²) in [6.07, 6.45) is 3.79. The second-order valence-corrected chi connectivity index (χ2v) is 5.06. The average Bonchev–Trinajstić information content (AvgIpc) is 2.40. The summed E-state index contributed by atoms with van der Waals surface area (Å²) in [6, 6.07) is 0. The first kappa shape index (κ1) is 17.9. The van der Waals surface area contributed by atoms with Crippen LogP contribution in [0.25, 0.3) is 0 Å². The molecule has 18 heavy (non-hydrogen) atoms. The fraction of sp³-hybridized carbons (Fsp3) is 0.833. The number of hydrogen-bond donors (Lipinski definition) is 0. The number of alkyl halides is 2. The highest BCUT2D eigenvalue weighted by atomic mass is 79.9. The van der Waals surface area contributed by atoms with Crippen LogP contribution in [0.4, 0.5) is 0 Å². The molecule has 0 aliphatic carbocycles. The molecule has 6 heteroatoms. The molecule has 0 rings (SSSR count). The van der Waals surface area contributed by atoms with Crippen molar-refractivity contribution in [1.82, 2.24) is 0 Å². The number of rotatable bonds is 10. The Hall–Kier alpha value is -0.100. The van der Waals surface area contributed by atoms with Crippen LogP contribution in [0.3, 0.4) is 0 Å². The predicted octanol–water partition coefficient (Wildman–Crippen LogP) is 3.06. The summed E-state index contributed by atoms with van der Waals surface area (Å²) in [5.74, 6) is -0.0622. The van der Waals surface area contributed by atoms with Crippen molar-refractivity contribution in [2.24, 2.45) is 5.92 Å². The van der Waals surface area contributed by atoms with Gasteiger partial charge >= 0.3 is 11.9 Å². The van der Waals surface area contributed by atoms with E-state index in [4.69, 9.17) is 9.47 Å². The first-order valence-electron chi connectivity index (χ1n) is 6.07. The van der Waals surface area contributed by atoms with E-state index >= 15 is 0 Å². The largest absolute Gasteiger partial charge is 0.465 e. The molecule has 0 heterocycles. The van der Waals surface area contributed by atoms with E-state index in [1.807, 2.05) is 0 Å². The lowest BCUT2D eigenvalue weighted by atomic mass is 10.0. The van der Waals surface area contributed by atoms with E-state index in [2.05, 4.69) is 38.8 Å². The molecule has 0 radical (unpaired) electrons. The lowest BCUT2D eigenvalue weighted by molar-refractivity contribution is -0.142. The second kappa shape index (κ2) is 12.0. The molecule has 0 aromatic rings. The van der Waals surface area contributed by atoms with Crippen LogP contribution < -0.4 is 0 Å². The molecule has 1 atom stereocenters. The Kier molecular flexibility index (Phi) is 11.9. The van der Waals surface area contributed by atoms with Crippen molar-refractivity contribution >= 4 is 43.8 Å². The molecule has 0 saturated carbocycles. The third-order valence-electron chi connectivity index (χ3n) is 2.55. The molecule has 0 aromatic carbocycles.